The first kappa shape index (κ1) is 17.5. The van der Waals surface area contributed by atoms with Crippen LogP contribution in [0.4, 0.5) is 4.79 Å². The number of benzene rings is 2. The number of amides is 2. The maximum absolute atomic E-state index is 11.7. The van der Waals surface area contributed by atoms with Crippen LogP contribution in [0.5, 0.6) is 0 Å². The molecular weight excluding hydrogens is 302 g/mol. The molecule has 5 nitrogen and oxygen atoms in total. The van der Waals surface area contributed by atoms with E-state index in [0.29, 0.717) is 18.5 Å². The van der Waals surface area contributed by atoms with Gasteiger partial charge in [0.1, 0.15) is 0 Å². The summed E-state index contributed by atoms with van der Waals surface area (Å²) in [6, 6.07) is 16.8. The molecule has 0 heterocycles. The number of aliphatic hydroxyl groups excluding tert-OH is 1. The van der Waals surface area contributed by atoms with Crippen molar-refractivity contribution in [2.75, 3.05) is 6.61 Å². The van der Waals surface area contributed by atoms with Gasteiger partial charge in [-0.25, -0.2) is 4.79 Å². The summed E-state index contributed by atoms with van der Waals surface area (Å²) < 4.78 is 0. The summed E-state index contributed by atoms with van der Waals surface area (Å²) >= 11 is 0. The lowest BCUT2D eigenvalue weighted by atomic mass is 9.99. The molecule has 0 aliphatic carbocycles. The molecular formula is C19H21N3O2. The molecule has 0 radical (unpaired) electrons. The molecule has 24 heavy (non-hydrogen) atoms. The highest BCUT2D eigenvalue weighted by atomic mass is 16.3. The van der Waals surface area contributed by atoms with Gasteiger partial charge in [-0.2, -0.15) is 5.26 Å². The number of hydrogen-bond donors (Lipinski definition) is 3. The summed E-state index contributed by atoms with van der Waals surface area (Å²) in [4.78, 5) is 11.7. The fourth-order valence-corrected chi connectivity index (χ4v) is 2.33. The van der Waals surface area contributed by atoms with Gasteiger partial charge >= 0.3 is 6.03 Å². The normalized spacial score (nSPS) is 11.4. The van der Waals surface area contributed by atoms with Crippen LogP contribution in [0.15, 0.2) is 48.5 Å². The van der Waals surface area contributed by atoms with Crippen molar-refractivity contribution >= 4 is 6.03 Å². The van der Waals surface area contributed by atoms with Gasteiger partial charge in [-0.05, 0) is 29.2 Å². The molecule has 2 amide bonds. The number of carbonyl (C=O) groups excluding carboxylic acids is 1. The van der Waals surface area contributed by atoms with E-state index < -0.39 is 0 Å². The first-order chi connectivity index (χ1) is 11.7. The molecule has 0 aromatic heterocycles. The third-order valence-corrected chi connectivity index (χ3v) is 3.81. The lowest BCUT2D eigenvalue weighted by molar-refractivity contribution is 0.214. The van der Waals surface area contributed by atoms with Crippen LogP contribution in [0.1, 0.15) is 24.5 Å². The van der Waals surface area contributed by atoms with Crippen LogP contribution in [-0.2, 0) is 6.54 Å². The fraction of sp³-hybridized carbons (Fsp3) is 0.263. The summed E-state index contributed by atoms with van der Waals surface area (Å²) in [5.41, 5.74) is 3.45. The van der Waals surface area contributed by atoms with Crippen molar-refractivity contribution in [3.8, 4) is 17.2 Å². The molecule has 1 unspecified atom stereocenters. The van der Waals surface area contributed by atoms with Gasteiger partial charge < -0.3 is 15.7 Å². The van der Waals surface area contributed by atoms with Crippen molar-refractivity contribution in [3.63, 3.8) is 0 Å². The summed E-state index contributed by atoms with van der Waals surface area (Å²) in [5, 5.41) is 23.7. The maximum atomic E-state index is 11.7. The number of carbonyl (C=O) groups is 1. The second kappa shape index (κ2) is 8.70. The maximum Gasteiger partial charge on any atom is 0.315 e. The first-order valence-corrected chi connectivity index (χ1v) is 7.91. The van der Waals surface area contributed by atoms with E-state index in [0.717, 1.165) is 16.7 Å². The smallest absolute Gasteiger partial charge is 0.315 e. The highest BCUT2D eigenvalue weighted by molar-refractivity contribution is 5.74. The predicted octanol–water partition coefficient (Wildman–Crippen LogP) is 2.80. The van der Waals surface area contributed by atoms with Gasteiger partial charge in [-0.15, -0.1) is 0 Å². The van der Waals surface area contributed by atoms with Crippen molar-refractivity contribution in [2.24, 2.45) is 0 Å². The minimum absolute atomic E-state index is 0.0725. The van der Waals surface area contributed by atoms with E-state index in [1.807, 2.05) is 49.4 Å². The molecule has 0 spiro atoms. The molecule has 0 saturated carbocycles. The number of urea groups is 1. The zero-order valence-electron chi connectivity index (χ0n) is 13.6. The van der Waals surface area contributed by atoms with E-state index in [4.69, 9.17) is 10.4 Å². The second-order valence-electron chi connectivity index (χ2n) is 5.47. The Balaban J connectivity index is 1.98. The van der Waals surface area contributed by atoms with E-state index in [-0.39, 0.29) is 18.7 Å². The highest BCUT2D eigenvalue weighted by Crippen LogP contribution is 2.23. The van der Waals surface area contributed by atoms with Crippen LogP contribution in [-0.4, -0.2) is 23.8 Å². The van der Waals surface area contributed by atoms with E-state index in [9.17, 15) is 4.79 Å². The van der Waals surface area contributed by atoms with Crippen LogP contribution in [0.2, 0.25) is 0 Å². The number of aliphatic hydroxyl groups is 1. The molecule has 5 heteroatoms. The minimum Gasteiger partial charge on any atom is -0.394 e. The van der Waals surface area contributed by atoms with E-state index in [1.54, 1.807) is 6.07 Å². The Morgan fingerprint density at radius 1 is 1.21 bits per heavy atom. The van der Waals surface area contributed by atoms with Crippen LogP contribution in [0.25, 0.3) is 11.1 Å². The molecule has 0 aliphatic rings. The SMILES string of the molecule is CCC(CO)NC(=O)NCc1ccc(-c2ccccc2C#N)cc1. The van der Waals surface area contributed by atoms with Crippen molar-refractivity contribution in [3.05, 3.63) is 59.7 Å². The van der Waals surface area contributed by atoms with Crippen LogP contribution in [0, 0.1) is 11.3 Å². The molecule has 0 fully saturated rings. The quantitative estimate of drug-likeness (QED) is 0.764. The molecule has 0 saturated heterocycles. The van der Waals surface area contributed by atoms with Gasteiger partial charge in [0.25, 0.3) is 0 Å². The van der Waals surface area contributed by atoms with E-state index >= 15 is 0 Å². The highest BCUT2D eigenvalue weighted by Gasteiger charge is 2.08. The average molecular weight is 323 g/mol. The number of nitrogens with one attached hydrogen (secondary N) is 2. The third-order valence-electron chi connectivity index (χ3n) is 3.81. The summed E-state index contributed by atoms with van der Waals surface area (Å²) in [5.74, 6) is 0. The largest absolute Gasteiger partial charge is 0.394 e. The number of rotatable bonds is 6. The third kappa shape index (κ3) is 4.58. The standard InChI is InChI=1S/C19H21N3O2/c1-2-17(13-23)22-19(24)21-12-14-7-9-15(10-8-14)18-6-4-3-5-16(18)11-20/h3-10,17,23H,2,12-13H2,1H3,(H2,21,22,24). The Morgan fingerprint density at radius 3 is 2.54 bits per heavy atom. The monoisotopic (exact) mass is 323 g/mol. The molecule has 124 valence electrons. The van der Waals surface area contributed by atoms with Crippen molar-refractivity contribution in [1.29, 1.82) is 5.26 Å². The van der Waals surface area contributed by atoms with E-state index in [2.05, 4.69) is 16.7 Å². The summed E-state index contributed by atoms with van der Waals surface area (Å²) in [7, 11) is 0. The number of nitrogens with zero attached hydrogens (tertiary/aromatic N) is 1. The fourth-order valence-electron chi connectivity index (χ4n) is 2.33. The predicted molar refractivity (Wildman–Crippen MR) is 93.1 cm³/mol. The van der Waals surface area contributed by atoms with E-state index in [1.165, 1.54) is 0 Å². The average Bonchev–Trinajstić information content (AvgIpc) is 2.64. The lowest BCUT2D eigenvalue weighted by Gasteiger charge is -2.14. The molecule has 2 aromatic carbocycles. The van der Waals surface area contributed by atoms with Crippen molar-refractivity contribution in [2.45, 2.75) is 25.9 Å². The Bertz CT molecular complexity index is 716. The number of nitriles is 1. The first-order valence-electron chi connectivity index (χ1n) is 7.91. The Morgan fingerprint density at radius 2 is 1.92 bits per heavy atom. The van der Waals surface area contributed by atoms with Crippen molar-refractivity contribution < 1.29 is 9.90 Å². The molecule has 0 aliphatic heterocycles. The summed E-state index contributed by atoms with van der Waals surface area (Å²) in [6.45, 7) is 2.23. The molecule has 1 atom stereocenters. The van der Waals surface area contributed by atoms with Gasteiger partial charge in [-0.1, -0.05) is 49.4 Å². The Kier molecular flexibility index (Phi) is 6.35. The number of hydrogen-bond acceptors (Lipinski definition) is 3. The lowest BCUT2D eigenvalue weighted by Crippen LogP contribution is -2.43. The van der Waals surface area contributed by atoms with Crippen LogP contribution < -0.4 is 10.6 Å². The van der Waals surface area contributed by atoms with Gasteiger partial charge in [0.05, 0.1) is 24.3 Å². The zero-order chi connectivity index (χ0) is 17.4. The van der Waals surface area contributed by atoms with Crippen LogP contribution >= 0.6 is 0 Å². The molecule has 0 bridgehead atoms. The Labute approximate surface area is 141 Å². The van der Waals surface area contributed by atoms with Gasteiger partial charge in [0.2, 0.25) is 0 Å². The minimum atomic E-state index is -0.296. The van der Waals surface area contributed by atoms with Gasteiger partial charge in [0.15, 0.2) is 0 Å². The van der Waals surface area contributed by atoms with Gasteiger partial charge in [-0.3, -0.25) is 0 Å². The topological polar surface area (TPSA) is 85.2 Å². The Hall–Kier alpha value is -2.84. The molecule has 3 N–H and O–H groups in total. The van der Waals surface area contributed by atoms with Crippen LogP contribution in [0.3, 0.4) is 0 Å². The molecule has 2 rings (SSSR count). The summed E-state index contributed by atoms with van der Waals surface area (Å²) in [6.07, 6.45) is 0.677. The second-order valence-corrected chi connectivity index (χ2v) is 5.47. The zero-order valence-corrected chi connectivity index (χ0v) is 13.6. The van der Waals surface area contributed by atoms with Crippen molar-refractivity contribution in [1.82, 2.24) is 10.6 Å². The van der Waals surface area contributed by atoms with Gasteiger partial charge in [0, 0.05) is 6.54 Å². The molecule has 2 aromatic rings.